The van der Waals surface area contributed by atoms with Crippen LogP contribution in [0.4, 0.5) is 13.2 Å². The molecule has 0 bridgehead atoms. The van der Waals surface area contributed by atoms with E-state index in [1.807, 2.05) is 0 Å². The van der Waals surface area contributed by atoms with Gasteiger partial charge in [0, 0.05) is 27.1 Å². The van der Waals surface area contributed by atoms with E-state index in [2.05, 4.69) is 30.3 Å². The molecule has 0 amide bonds. The Morgan fingerprint density at radius 2 is 0.865 bits per heavy atom. The van der Waals surface area contributed by atoms with Crippen molar-refractivity contribution in [1.29, 1.82) is 26.3 Å². The summed E-state index contributed by atoms with van der Waals surface area (Å²) in [5.41, 5.74) is 3.95. The largest absolute Gasteiger partial charge is 0.416 e. The van der Waals surface area contributed by atoms with Crippen LogP contribution in [0.3, 0.4) is 0 Å². The standard InChI is InChI=1S/C42H18F3N7/c43-42(44,45)30-3-1-2-28(16-30)35-18-36(51-37-12-24(19-46)4-8-31(37)32-9-5-25(20-47)13-38(32)51)29(23-50)17-41(35)52-39-14-26(21-48)6-10-33(39)34-11-7-27(22-49)15-40(34)52/h1-18H. The Morgan fingerprint density at radius 3 is 1.25 bits per heavy atom. The molecule has 0 atom stereocenters. The van der Waals surface area contributed by atoms with Gasteiger partial charge in [-0.25, -0.2) is 0 Å². The predicted octanol–water partition coefficient (Wildman–Crippen LogP) is 9.92. The summed E-state index contributed by atoms with van der Waals surface area (Å²) in [6, 6.07) is 39.4. The lowest BCUT2D eigenvalue weighted by atomic mass is 9.97. The van der Waals surface area contributed by atoms with Crippen LogP contribution in [0.1, 0.15) is 33.4 Å². The van der Waals surface area contributed by atoms with E-state index in [0.717, 1.165) is 33.7 Å². The van der Waals surface area contributed by atoms with Crippen LogP contribution in [0.5, 0.6) is 0 Å². The molecule has 0 unspecified atom stereocenters. The van der Waals surface area contributed by atoms with Crippen LogP contribution in [0.25, 0.3) is 66.1 Å². The quantitative estimate of drug-likeness (QED) is 0.184. The number of aromatic nitrogens is 2. The average Bonchev–Trinajstić information content (AvgIpc) is 3.67. The van der Waals surface area contributed by atoms with Gasteiger partial charge >= 0.3 is 6.18 Å². The van der Waals surface area contributed by atoms with Crippen molar-refractivity contribution < 1.29 is 13.2 Å². The molecule has 0 aliphatic carbocycles. The minimum absolute atomic E-state index is 0.136. The first-order valence-corrected chi connectivity index (χ1v) is 15.7. The van der Waals surface area contributed by atoms with Crippen molar-refractivity contribution >= 4 is 43.6 Å². The second-order valence-electron chi connectivity index (χ2n) is 12.1. The van der Waals surface area contributed by atoms with Crippen molar-refractivity contribution in [2.24, 2.45) is 0 Å². The second-order valence-corrected chi connectivity index (χ2v) is 12.1. The molecule has 7 nitrogen and oxygen atoms in total. The topological polar surface area (TPSA) is 129 Å². The van der Waals surface area contributed by atoms with Gasteiger partial charge in [0.1, 0.15) is 6.07 Å². The number of halogens is 3. The fourth-order valence-corrected chi connectivity index (χ4v) is 6.97. The smallest absolute Gasteiger partial charge is 0.308 e. The van der Waals surface area contributed by atoms with Crippen molar-refractivity contribution in [3.63, 3.8) is 0 Å². The Bertz CT molecular complexity index is 2930. The van der Waals surface area contributed by atoms with E-state index in [1.165, 1.54) is 6.07 Å². The molecule has 242 valence electrons. The highest BCUT2D eigenvalue weighted by Gasteiger charge is 2.31. The summed E-state index contributed by atoms with van der Waals surface area (Å²) in [6.45, 7) is 0. The molecule has 52 heavy (non-hydrogen) atoms. The molecule has 0 radical (unpaired) electrons. The van der Waals surface area contributed by atoms with E-state index in [0.29, 0.717) is 61.3 Å². The normalized spacial score (nSPS) is 11.3. The maximum Gasteiger partial charge on any atom is 0.416 e. The predicted molar refractivity (Wildman–Crippen MR) is 189 cm³/mol. The van der Waals surface area contributed by atoms with E-state index >= 15 is 0 Å². The third kappa shape index (κ3) is 4.79. The summed E-state index contributed by atoms with van der Waals surface area (Å²) in [4.78, 5) is 0. The number of nitriles is 5. The third-order valence-electron chi connectivity index (χ3n) is 9.27. The van der Waals surface area contributed by atoms with Crippen molar-refractivity contribution in [2.45, 2.75) is 6.18 Å². The molecule has 8 rings (SSSR count). The molecule has 2 aromatic heterocycles. The molecule has 0 saturated heterocycles. The summed E-state index contributed by atoms with van der Waals surface area (Å²) in [5, 5.41) is 53.0. The second kappa shape index (κ2) is 11.6. The first kappa shape index (κ1) is 31.4. The molecule has 0 aliphatic heterocycles. The summed E-state index contributed by atoms with van der Waals surface area (Å²) < 4.78 is 46.1. The monoisotopic (exact) mass is 677 g/mol. The Hall–Kier alpha value is -7.84. The van der Waals surface area contributed by atoms with Gasteiger partial charge in [0.25, 0.3) is 0 Å². The number of rotatable bonds is 3. The Labute approximate surface area is 293 Å². The minimum Gasteiger partial charge on any atom is -0.308 e. The van der Waals surface area contributed by atoms with Gasteiger partial charge in [-0.3, -0.25) is 0 Å². The lowest BCUT2D eigenvalue weighted by molar-refractivity contribution is -0.137. The van der Waals surface area contributed by atoms with Crippen LogP contribution in [0.2, 0.25) is 0 Å². The van der Waals surface area contributed by atoms with Crippen molar-refractivity contribution in [3.8, 4) is 52.8 Å². The fraction of sp³-hybridized carbons (Fsp3) is 0.0238. The molecule has 0 fully saturated rings. The molecule has 10 heteroatoms. The third-order valence-corrected chi connectivity index (χ3v) is 9.27. The summed E-state index contributed by atoms with van der Waals surface area (Å²) in [5.74, 6) is 0. The van der Waals surface area contributed by atoms with Crippen LogP contribution < -0.4 is 0 Å². The Kier molecular flexibility index (Phi) is 7.04. The highest BCUT2D eigenvalue weighted by atomic mass is 19.4. The van der Waals surface area contributed by atoms with Gasteiger partial charge in [-0.1, -0.05) is 36.4 Å². The summed E-state index contributed by atoms with van der Waals surface area (Å²) in [7, 11) is 0. The number of hydrogen-bond acceptors (Lipinski definition) is 5. The van der Waals surface area contributed by atoms with Crippen LogP contribution in [-0.4, -0.2) is 9.13 Å². The number of benzene rings is 6. The maximum atomic E-state index is 14.2. The number of hydrogen-bond donors (Lipinski definition) is 0. The number of nitrogens with zero attached hydrogens (tertiary/aromatic N) is 7. The lowest BCUT2D eigenvalue weighted by Crippen LogP contribution is -2.06. The number of fused-ring (bicyclic) bond motifs is 6. The highest BCUT2D eigenvalue weighted by molar-refractivity contribution is 6.12. The van der Waals surface area contributed by atoms with Gasteiger partial charge in [0.05, 0.1) is 91.1 Å². The first-order valence-electron chi connectivity index (χ1n) is 15.7. The van der Waals surface area contributed by atoms with Crippen LogP contribution in [0, 0.1) is 56.7 Å². The molecular weight excluding hydrogens is 660 g/mol. The molecule has 8 aromatic rings. The van der Waals surface area contributed by atoms with Crippen LogP contribution >= 0.6 is 0 Å². The van der Waals surface area contributed by atoms with E-state index < -0.39 is 11.7 Å². The van der Waals surface area contributed by atoms with Crippen LogP contribution in [-0.2, 0) is 6.18 Å². The van der Waals surface area contributed by atoms with Gasteiger partial charge in [-0.2, -0.15) is 39.5 Å². The minimum atomic E-state index is -4.66. The zero-order valence-electron chi connectivity index (χ0n) is 26.7. The van der Waals surface area contributed by atoms with E-state index in [4.69, 9.17) is 0 Å². The van der Waals surface area contributed by atoms with Gasteiger partial charge in [-0.05, 0) is 78.4 Å². The zero-order valence-corrected chi connectivity index (χ0v) is 26.7. The Balaban J connectivity index is 1.57. The summed E-state index contributed by atoms with van der Waals surface area (Å²) in [6.07, 6.45) is -4.66. The van der Waals surface area contributed by atoms with Crippen molar-refractivity contribution in [1.82, 2.24) is 9.13 Å². The molecular formula is C42H18F3N7. The van der Waals surface area contributed by atoms with E-state index in [1.54, 1.807) is 100 Å². The molecule has 0 saturated carbocycles. The van der Waals surface area contributed by atoms with Gasteiger partial charge in [0.2, 0.25) is 0 Å². The van der Waals surface area contributed by atoms with Crippen molar-refractivity contribution in [3.05, 3.63) is 143 Å². The number of alkyl halides is 3. The fourth-order valence-electron chi connectivity index (χ4n) is 6.97. The lowest BCUT2D eigenvalue weighted by Gasteiger charge is -2.19. The zero-order chi connectivity index (χ0) is 36.3. The van der Waals surface area contributed by atoms with Gasteiger partial charge in [0.15, 0.2) is 0 Å². The van der Waals surface area contributed by atoms with Gasteiger partial charge < -0.3 is 9.13 Å². The van der Waals surface area contributed by atoms with E-state index in [-0.39, 0.29) is 11.1 Å². The molecule has 0 aliphatic rings. The van der Waals surface area contributed by atoms with Gasteiger partial charge in [-0.15, -0.1) is 0 Å². The first-order chi connectivity index (χ1) is 25.2. The summed E-state index contributed by atoms with van der Waals surface area (Å²) >= 11 is 0. The van der Waals surface area contributed by atoms with Crippen LogP contribution in [0.15, 0.2) is 109 Å². The average molecular weight is 678 g/mol. The molecule has 6 aromatic carbocycles. The maximum absolute atomic E-state index is 14.2. The molecule has 0 N–H and O–H groups in total. The van der Waals surface area contributed by atoms with E-state index in [9.17, 15) is 39.5 Å². The SMILES string of the molecule is N#Cc1ccc2c3ccc(C#N)cc3n(-c3cc(-c4cccc(C(F)(F)F)c4)c(-n4c5cc(C#N)ccc5c5ccc(C#N)cc54)cc3C#N)c2c1. The molecule has 2 heterocycles. The Morgan fingerprint density at radius 1 is 0.442 bits per heavy atom. The molecule has 0 spiro atoms. The highest BCUT2D eigenvalue weighted by Crippen LogP contribution is 2.42. The van der Waals surface area contributed by atoms with Crippen molar-refractivity contribution in [2.75, 3.05) is 0 Å².